The second-order valence-corrected chi connectivity index (χ2v) is 7.70. The Morgan fingerprint density at radius 3 is 2.22 bits per heavy atom. The molecule has 1 fully saturated rings. The number of hydrogen-bond acceptors (Lipinski definition) is 6. The van der Waals surface area contributed by atoms with Crippen molar-refractivity contribution in [1.29, 1.82) is 0 Å². The van der Waals surface area contributed by atoms with Gasteiger partial charge in [-0.15, -0.1) is 0 Å². The Kier molecular flexibility index (Phi) is 7.12. The highest BCUT2D eigenvalue weighted by Gasteiger charge is 2.27. The van der Waals surface area contributed by atoms with E-state index in [4.69, 9.17) is 4.98 Å². The van der Waals surface area contributed by atoms with Crippen LogP contribution in [0, 0.1) is 6.92 Å². The molecule has 1 aromatic heterocycles. The van der Waals surface area contributed by atoms with Crippen LogP contribution in [0.1, 0.15) is 52.1 Å². The minimum Gasteiger partial charge on any atom is -0.354 e. The molecule has 0 aromatic carbocycles. The molecule has 2 heterocycles. The van der Waals surface area contributed by atoms with Crippen LogP contribution in [0.3, 0.4) is 0 Å². The third-order valence-electron chi connectivity index (χ3n) is 4.60. The van der Waals surface area contributed by atoms with E-state index in [1.165, 1.54) is 0 Å². The zero-order valence-corrected chi connectivity index (χ0v) is 17.2. The molecule has 3 amide bonds. The van der Waals surface area contributed by atoms with Gasteiger partial charge in [0, 0.05) is 49.9 Å². The van der Waals surface area contributed by atoms with Crippen molar-refractivity contribution in [3.8, 4) is 0 Å². The zero-order valence-electron chi connectivity index (χ0n) is 17.2. The van der Waals surface area contributed by atoms with E-state index in [0.717, 1.165) is 43.5 Å². The first-order valence-electron chi connectivity index (χ1n) is 9.63. The number of aromatic nitrogens is 2. The number of piperazine rings is 1. The summed E-state index contributed by atoms with van der Waals surface area (Å²) < 4.78 is 0. The van der Waals surface area contributed by atoms with E-state index in [1.807, 2.05) is 33.8 Å². The second kappa shape index (κ2) is 9.12. The summed E-state index contributed by atoms with van der Waals surface area (Å²) >= 11 is 0. The van der Waals surface area contributed by atoms with Crippen molar-refractivity contribution < 1.29 is 9.59 Å². The molecule has 0 spiro atoms. The number of nitrogens with zero attached hydrogens (tertiary/aromatic N) is 4. The van der Waals surface area contributed by atoms with Gasteiger partial charge < -0.3 is 10.2 Å². The standard InChI is InChI=1S/C19H32N6O2/c1-12(2)17-21-14(5)11-16(22-17)25-9-7-24(8-10-25)15(6)18(26)23-19(27)20-13(3)4/h11-13,15H,7-10H2,1-6H3,(H2,20,23,26,27)/t15-/m0/s1. The van der Waals surface area contributed by atoms with Gasteiger partial charge in [-0.1, -0.05) is 13.8 Å². The molecule has 27 heavy (non-hydrogen) atoms. The van der Waals surface area contributed by atoms with E-state index in [1.54, 1.807) is 0 Å². The van der Waals surface area contributed by atoms with Gasteiger partial charge in [0.1, 0.15) is 11.6 Å². The molecule has 8 nitrogen and oxygen atoms in total. The van der Waals surface area contributed by atoms with E-state index < -0.39 is 6.03 Å². The van der Waals surface area contributed by atoms with Gasteiger partial charge in [0.2, 0.25) is 5.91 Å². The molecule has 0 aliphatic carbocycles. The zero-order chi connectivity index (χ0) is 20.1. The first kappa shape index (κ1) is 21.1. The van der Waals surface area contributed by atoms with Crippen LogP contribution in [0.5, 0.6) is 0 Å². The van der Waals surface area contributed by atoms with Crippen LogP contribution in [0.25, 0.3) is 0 Å². The maximum atomic E-state index is 12.3. The number of carbonyl (C=O) groups is 2. The lowest BCUT2D eigenvalue weighted by atomic mass is 10.2. The summed E-state index contributed by atoms with van der Waals surface area (Å²) in [6, 6.07) is 1.19. The average Bonchev–Trinajstić information content (AvgIpc) is 2.59. The predicted molar refractivity (Wildman–Crippen MR) is 106 cm³/mol. The van der Waals surface area contributed by atoms with Crippen molar-refractivity contribution in [3.05, 3.63) is 17.6 Å². The molecule has 1 aromatic rings. The molecule has 1 aliphatic heterocycles. The molecule has 2 rings (SSSR count). The van der Waals surface area contributed by atoms with Crippen molar-refractivity contribution in [2.75, 3.05) is 31.1 Å². The van der Waals surface area contributed by atoms with Gasteiger partial charge in [-0.3, -0.25) is 15.0 Å². The van der Waals surface area contributed by atoms with E-state index in [9.17, 15) is 9.59 Å². The summed E-state index contributed by atoms with van der Waals surface area (Å²) in [7, 11) is 0. The number of imide groups is 1. The second-order valence-electron chi connectivity index (χ2n) is 7.70. The van der Waals surface area contributed by atoms with Crippen LogP contribution in [0.2, 0.25) is 0 Å². The number of amides is 3. The largest absolute Gasteiger partial charge is 0.354 e. The Balaban J connectivity index is 1.93. The molecule has 0 radical (unpaired) electrons. The van der Waals surface area contributed by atoms with Gasteiger partial charge in [0.15, 0.2) is 0 Å². The number of hydrogen-bond donors (Lipinski definition) is 2. The molecule has 1 aliphatic rings. The molecule has 8 heteroatoms. The maximum Gasteiger partial charge on any atom is 0.321 e. The van der Waals surface area contributed by atoms with Crippen LogP contribution in [-0.4, -0.2) is 65.1 Å². The molecule has 1 saturated heterocycles. The first-order valence-corrected chi connectivity index (χ1v) is 9.63. The highest BCUT2D eigenvalue weighted by atomic mass is 16.2. The fraction of sp³-hybridized carbons (Fsp3) is 0.684. The van der Waals surface area contributed by atoms with Crippen LogP contribution in [0.15, 0.2) is 6.07 Å². The van der Waals surface area contributed by atoms with Gasteiger partial charge in [-0.05, 0) is 27.7 Å². The Hall–Kier alpha value is -2.22. The SMILES string of the molecule is Cc1cc(N2CCN([C@@H](C)C(=O)NC(=O)NC(C)C)CC2)nc(C(C)C)n1. The van der Waals surface area contributed by atoms with Crippen molar-refractivity contribution in [2.24, 2.45) is 0 Å². The minimum absolute atomic E-state index is 0.0105. The number of anilines is 1. The summed E-state index contributed by atoms with van der Waals surface area (Å²) in [5, 5.41) is 5.08. The average molecular weight is 377 g/mol. The third kappa shape index (κ3) is 5.89. The van der Waals surface area contributed by atoms with Crippen molar-refractivity contribution in [2.45, 2.75) is 59.5 Å². The van der Waals surface area contributed by atoms with Crippen molar-refractivity contribution in [3.63, 3.8) is 0 Å². The van der Waals surface area contributed by atoms with Crippen LogP contribution >= 0.6 is 0 Å². The van der Waals surface area contributed by atoms with E-state index in [0.29, 0.717) is 0 Å². The number of nitrogens with one attached hydrogen (secondary N) is 2. The highest BCUT2D eigenvalue weighted by Crippen LogP contribution is 2.19. The number of rotatable bonds is 5. The molecule has 150 valence electrons. The van der Waals surface area contributed by atoms with Gasteiger partial charge in [-0.2, -0.15) is 0 Å². The van der Waals surface area contributed by atoms with Gasteiger partial charge in [-0.25, -0.2) is 14.8 Å². The molecule has 0 unspecified atom stereocenters. The van der Waals surface area contributed by atoms with E-state index in [2.05, 4.69) is 39.3 Å². The lowest BCUT2D eigenvalue weighted by Crippen LogP contribution is -2.56. The molecular weight excluding hydrogens is 344 g/mol. The highest BCUT2D eigenvalue weighted by molar-refractivity contribution is 5.96. The number of carbonyl (C=O) groups excluding carboxylic acids is 2. The van der Waals surface area contributed by atoms with Crippen LogP contribution < -0.4 is 15.5 Å². The molecule has 0 saturated carbocycles. The molecule has 0 bridgehead atoms. The summed E-state index contributed by atoms with van der Waals surface area (Å²) in [5.74, 6) is 1.81. The maximum absolute atomic E-state index is 12.3. The van der Waals surface area contributed by atoms with E-state index >= 15 is 0 Å². The van der Waals surface area contributed by atoms with Gasteiger partial charge in [0.05, 0.1) is 6.04 Å². The smallest absolute Gasteiger partial charge is 0.321 e. The quantitative estimate of drug-likeness (QED) is 0.812. The van der Waals surface area contributed by atoms with Crippen LogP contribution in [0.4, 0.5) is 10.6 Å². The van der Waals surface area contributed by atoms with Crippen molar-refractivity contribution in [1.82, 2.24) is 25.5 Å². The number of urea groups is 1. The fourth-order valence-corrected chi connectivity index (χ4v) is 3.01. The Morgan fingerprint density at radius 2 is 1.67 bits per heavy atom. The molecular formula is C19H32N6O2. The minimum atomic E-state index is -0.446. The summed E-state index contributed by atoms with van der Waals surface area (Å²) in [5.41, 5.74) is 0.968. The molecule has 2 N–H and O–H groups in total. The van der Waals surface area contributed by atoms with Gasteiger partial charge in [0.25, 0.3) is 0 Å². The Morgan fingerprint density at radius 1 is 1.04 bits per heavy atom. The van der Waals surface area contributed by atoms with Gasteiger partial charge >= 0.3 is 6.03 Å². The fourth-order valence-electron chi connectivity index (χ4n) is 3.01. The normalized spacial score (nSPS) is 16.5. The van der Waals surface area contributed by atoms with Crippen molar-refractivity contribution >= 4 is 17.8 Å². The number of aryl methyl sites for hydroxylation is 1. The first-order chi connectivity index (χ1) is 12.7. The van der Waals surface area contributed by atoms with Crippen LogP contribution in [-0.2, 0) is 4.79 Å². The third-order valence-corrected chi connectivity index (χ3v) is 4.60. The summed E-state index contributed by atoms with van der Waals surface area (Å²) in [6.07, 6.45) is 0. The Bertz CT molecular complexity index is 668. The lowest BCUT2D eigenvalue weighted by Gasteiger charge is -2.38. The molecule has 1 atom stereocenters. The Labute approximate surface area is 161 Å². The predicted octanol–water partition coefficient (Wildman–Crippen LogP) is 1.65. The monoisotopic (exact) mass is 376 g/mol. The van der Waals surface area contributed by atoms with E-state index in [-0.39, 0.29) is 23.9 Å². The topological polar surface area (TPSA) is 90.5 Å². The summed E-state index contributed by atoms with van der Waals surface area (Å²) in [6.45, 7) is 14.7. The lowest BCUT2D eigenvalue weighted by molar-refractivity contribution is -0.124. The summed E-state index contributed by atoms with van der Waals surface area (Å²) in [4.78, 5) is 37.5.